The molecule has 0 N–H and O–H groups in total. The number of amides is 2. The molecule has 0 unspecified atom stereocenters. The molecule has 28 heavy (non-hydrogen) atoms. The van der Waals surface area contributed by atoms with Crippen LogP contribution in [0, 0.1) is 12.3 Å². The number of benzene rings is 2. The maximum Gasteiger partial charge on any atom is 0.293 e. The third kappa shape index (κ3) is 4.22. The van der Waals surface area contributed by atoms with Gasteiger partial charge in [-0.3, -0.25) is 9.59 Å². The normalized spacial score (nSPS) is 16.2. The van der Waals surface area contributed by atoms with Crippen LogP contribution in [0.25, 0.3) is 0 Å². The zero-order chi connectivity index (χ0) is 20.3. The van der Waals surface area contributed by atoms with E-state index in [-0.39, 0.29) is 17.8 Å². The van der Waals surface area contributed by atoms with Crippen molar-refractivity contribution in [1.82, 2.24) is 0 Å². The Morgan fingerprint density at radius 1 is 1.25 bits per heavy atom. The lowest BCUT2D eigenvalue weighted by atomic mass is 10.1. The number of rotatable bonds is 6. The largest absolute Gasteiger partial charge is 0.493 e. The molecular weight excluding hydrogens is 421 g/mol. The molecule has 0 saturated carbocycles. The molecular formula is C20H15Cl2NO4S. The van der Waals surface area contributed by atoms with Crippen LogP contribution in [-0.2, 0) is 11.2 Å². The highest BCUT2D eigenvalue weighted by Gasteiger charge is 2.40. The second-order valence-electron chi connectivity index (χ2n) is 5.83. The van der Waals surface area contributed by atoms with E-state index >= 15 is 0 Å². The van der Waals surface area contributed by atoms with Crippen molar-refractivity contribution in [3.63, 3.8) is 0 Å². The van der Waals surface area contributed by atoms with Crippen LogP contribution in [0.15, 0.2) is 36.4 Å². The van der Waals surface area contributed by atoms with Crippen molar-refractivity contribution in [3.05, 3.63) is 52.0 Å². The third-order valence-corrected chi connectivity index (χ3v) is 5.55. The van der Waals surface area contributed by atoms with Gasteiger partial charge < -0.3 is 9.47 Å². The highest BCUT2D eigenvalue weighted by Crippen LogP contribution is 2.39. The minimum Gasteiger partial charge on any atom is -0.493 e. The fraction of sp³-hybridized carbons (Fsp3) is 0.200. The Bertz CT molecular complexity index is 973. The molecule has 1 saturated heterocycles. The van der Waals surface area contributed by atoms with Gasteiger partial charge in [-0.05, 0) is 42.3 Å². The zero-order valence-electron chi connectivity index (χ0n) is 14.8. The van der Waals surface area contributed by atoms with Crippen LogP contribution < -0.4 is 14.4 Å². The summed E-state index contributed by atoms with van der Waals surface area (Å²) in [6.07, 6.45) is 5.51. The number of terminal acetylenes is 1. The van der Waals surface area contributed by atoms with Gasteiger partial charge in [-0.15, -0.1) is 6.42 Å². The maximum absolute atomic E-state index is 12.8. The van der Waals surface area contributed by atoms with E-state index in [1.165, 1.54) is 7.11 Å². The molecule has 2 aromatic carbocycles. The Balaban J connectivity index is 1.82. The summed E-state index contributed by atoms with van der Waals surface area (Å²) in [6, 6.07) is 10.0. The van der Waals surface area contributed by atoms with Crippen LogP contribution in [0.3, 0.4) is 0 Å². The second-order valence-corrected chi connectivity index (χ2v) is 7.83. The monoisotopic (exact) mass is 435 g/mol. The Labute approximate surface area is 176 Å². The number of anilines is 1. The first-order chi connectivity index (χ1) is 13.4. The zero-order valence-corrected chi connectivity index (χ0v) is 17.1. The Hall–Kier alpha value is -2.33. The molecule has 0 bridgehead atoms. The summed E-state index contributed by atoms with van der Waals surface area (Å²) in [5.74, 6) is 2.81. The lowest BCUT2D eigenvalue weighted by Gasteiger charge is -2.15. The molecule has 0 radical (unpaired) electrons. The number of halogens is 2. The molecule has 1 aliphatic heterocycles. The predicted octanol–water partition coefficient (Wildman–Crippen LogP) is 4.83. The number of carbonyl (C=O) groups excluding carboxylic acids is 2. The second kappa shape index (κ2) is 8.78. The van der Waals surface area contributed by atoms with Crippen molar-refractivity contribution < 1.29 is 19.1 Å². The number of methoxy groups -OCH3 is 1. The molecule has 3 rings (SSSR count). The van der Waals surface area contributed by atoms with Gasteiger partial charge in [0.1, 0.15) is 6.61 Å². The van der Waals surface area contributed by atoms with Crippen LogP contribution >= 0.6 is 35.0 Å². The number of ether oxygens (including phenoxy) is 2. The van der Waals surface area contributed by atoms with E-state index in [0.29, 0.717) is 33.7 Å². The Kier molecular flexibility index (Phi) is 6.40. The first kappa shape index (κ1) is 20.4. The van der Waals surface area contributed by atoms with Crippen LogP contribution in [0.4, 0.5) is 10.5 Å². The molecule has 0 spiro atoms. The minimum atomic E-state index is -0.579. The van der Waals surface area contributed by atoms with Gasteiger partial charge in [0, 0.05) is 5.02 Å². The predicted molar refractivity (Wildman–Crippen MR) is 112 cm³/mol. The molecule has 1 heterocycles. The van der Waals surface area contributed by atoms with Crippen molar-refractivity contribution >= 4 is 51.8 Å². The summed E-state index contributed by atoms with van der Waals surface area (Å²) in [5, 5.41) is -0.155. The average Bonchev–Trinajstić information content (AvgIpc) is 2.93. The molecule has 0 aromatic heterocycles. The fourth-order valence-electron chi connectivity index (χ4n) is 2.79. The average molecular weight is 436 g/mol. The lowest BCUT2D eigenvalue weighted by Crippen LogP contribution is -2.32. The van der Waals surface area contributed by atoms with E-state index in [1.54, 1.807) is 36.4 Å². The SMILES string of the molecule is C#CCOc1c(Cl)cc(C[C@H]2SC(=O)N(c3cccc(Cl)c3)C2=O)cc1OC. The van der Waals surface area contributed by atoms with Gasteiger partial charge in [0.15, 0.2) is 11.5 Å². The van der Waals surface area contributed by atoms with Crippen molar-refractivity contribution in [2.75, 3.05) is 18.6 Å². The summed E-state index contributed by atoms with van der Waals surface area (Å²) in [6.45, 7) is 0.0511. The number of nitrogens with zero attached hydrogens (tertiary/aromatic N) is 1. The first-order valence-corrected chi connectivity index (χ1v) is 9.81. The van der Waals surface area contributed by atoms with Crippen molar-refractivity contribution in [1.29, 1.82) is 0 Å². The minimum absolute atomic E-state index is 0.0511. The molecule has 1 aliphatic rings. The molecule has 5 nitrogen and oxygen atoms in total. The van der Waals surface area contributed by atoms with E-state index in [2.05, 4.69) is 5.92 Å². The topological polar surface area (TPSA) is 55.8 Å². The van der Waals surface area contributed by atoms with E-state index in [4.69, 9.17) is 39.1 Å². The van der Waals surface area contributed by atoms with Gasteiger partial charge in [0.2, 0.25) is 5.91 Å². The number of carbonyl (C=O) groups is 2. The van der Waals surface area contributed by atoms with Gasteiger partial charge in [-0.2, -0.15) is 0 Å². The van der Waals surface area contributed by atoms with Gasteiger partial charge in [0.25, 0.3) is 5.24 Å². The van der Waals surface area contributed by atoms with E-state index < -0.39 is 5.25 Å². The van der Waals surface area contributed by atoms with Gasteiger partial charge in [0.05, 0.1) is 23.1 Å². The summed E-state index contributed by atoms with van der Waals surface area (Å²) < 4.78 is 10.7. The van der Waals surface area contributed by atoms with Crippen molar-refractivity contribution in [2.24, 2.45) is 0 Å². The van der Waals surface area contributed by atoms with Crippen molar-refractivity contribution in [3.8, 4) is 23.8 Å². The van der Waals surface area contributed by atoms with Crippen LogP contribution in [0.2, 0.25) is 10.0 Å². The van der Waals surface area contributed by atoms with Gasteiger partial charge >= 0.3 is 0 Å². The van der Waals surface area contributed by atoms with Crippen molar-refractivity contribution in [2.45, 2.75) is 11.7 Å². The quantitative estimate of drug-likeness (QED) is 0.608. The van der Waals surface area contributed by atoms with Crippen LogP contribution in [-0.4, -0.2) is 30.1 Å². The highest BCUT2D eigenvalue weighted by atomic mass is 35.5. The van der Waals surface area contributed by atoms with Crippen LogP contribution in [0.1, 0.15) is 5.56 Å². The van der Waals surface area contributed by atoms with E-state index in [1.807, 2.05) is 0 Å². The molecule has 8 heteroatoms. The van der Waals surface area contributed by atoms with Crippen LogP contribution in [0.5, 0.6) is 11.5 Å². The number of hydrogen-bond acceptors (Lipinski definition) is 5. The third-order valence-electron chi connectivity index (χ3n) is 4.00. The number of imide groups is 1. The Morgan fingerprint density at radius 3 is 2.71 bits per heavy atom. The molecule has 1 fully saturated rings. The number of hydrogen-bond donors (Lipinski definition) is 0. The molecule has 2 aromatic rings. The van der Waals surface area contributed by atoms with E-state index in [0.717, 1.165) is 22.2 Å². The molecule has 0 aliphatic carbocycles. The molecule has 144 valence electrons. The summed E-state index contributed by atoms with van der Waals surface area (Å²) in [7, 11) is 1.48. The smallest absolute Gasteiger partial charge is 0.293 e. The molecule has 2 amide bonds. The maximum atomic E-state index is 12.8. The molecule has 1 atom stereocenters. The lowest BCUT2D eigenvalue weighted by molar-refractivity contribution is -0.117. The Morgan fingerprint density at radius 2 is 2.04 bits per heavy atom. The van der Waals surface area contributed by atoms with E-state index in [9.17, 15) is 9.59 Å². The summed E-state index contributed by atoms with van der Waals surface area (Å²) in [4.78, 5) is 26.3. The fourth-order valence-corrected chi connectivity index (χ4v) is 4.29. The summed E-state index contributed by atoms with van der Waals surface area (Å²) >= 11 is 13.2. The standard InChI is InChI=1S/C20H15Cl2NO4S/c1-3-7-27-18-15(22)8-12(9-16(18)26-2)10-17-19(24)23(20(25)28-17)14-6-4-5-13(21)11-14/h1,4-6,8-9,11,17H,7,10H2,2H3/t17-/m1/s1. The summed E-state index contributed by atoms with van der Waals surface area (Å²) in [5.41, 5.74) is 1.19. The van der Waals surface area contributed by atoms with Gasteiger partial charge in [-0.1, -0.05) is 47.0 Å². The van der Waals surface area contributed by atoms with Gasteiger partial charge in [-0.25, -0.2) is 4.90 Å². The first-order valence-electron chi connectivity index (χ1n) is 8.17. The highest BCUT2D eigenvalue weighted by molar-refractivity contribution is 8.15. The number of thioether (sulfide) groups is 1.